The van der Waals surface area contributed by atoms with Gasteiger partial charge in [-0.25, -0.2) is 0 Å². The molecule has 0 aromatic carbocycles. The van der Waals surface area contributed by atoms with Gasteiger partial charge in [-0.1, -0.05) is 6.04 Å². The van der Waals surface area contributed by atoms with E-state index in [2.05, 4.69) is 10.2 Å². The zero-order valence-electron chi connectivity index (χ0n) is 3.50. The molecule has 0 aromatic heterocycles. The normalized spacial score (nSPS) is 7.00. The van der Waals surface area contributed by atoms with Gasteiger partial charge in [0.05, 0.1) is 0 Å². The van der Waals surface area contributed by atoms with Crippen LogP contribution in [0.25, 0.3) is 0 Å². The van der Waals surface area contributed by atoms with Crippen molar-refractivity contribution in [1.82, 2.24) is 0 Å². The van der Waals surface area contributed by atoms with Gasteiger partial charge in [0.15, 0.2) is 0 Å². The maximum Gasteiger partial charge on any atom is 0.0222 e. The summed E-state index contributed by atoms with van der Waals surface area (Å²) in [5.41, 5.74) is 0. The molecule has 37 valence electrons. The van der Waals surface area contributed by atoms with Gasteiger partial charge in [-0.15, -0.1) is 11.6 Å². The highest BCUT2D eigenvalue weighted by atomic mass is 35.5. The molecule has 0 aliphatic heterocycles. The molecule has 0 aliphatic carbocycles. The van der Waals surface area contributed by atoms with Crippen molar-refractivity contribution < 1.29 is 5.48 Å². The molecule has 1 nitrogen and oxygen atoms in total. The third-order valence-electron chi connectivity index (χ3n) is 0.310. The minimum Gasteiger partial charge on any atom is -0.412 e. The third kappa shape index (κ3) is 8.82. The van der Waals surface area contributed by atoms with Crippen LogP contribution in [0.15, 0.2) is 0 Å². The maximum atomic E-state index is 5.27. The summed E-state index contributed by atoms with van der Waals surface area (Å²) in [6, 6.07) is 1.02. The molecule has 3 heteroatoms. The average Bonchev–Trinajstić information content (AvgIpc) is 1.41. The van der Waals surface area contributed by atoms with Crippen LogP contribution in [-0.2, 0) is 0 Å². The minimum absolute atomic E-state index is 0. The molecule has 0 unspecified atom stereocenters. The second-order valence-corrected chi connectivity index (χ2v) is 1.67. The molecular weight excluding hydrogens is 116 g/mol. The Morgan fingerprint density at radius 3 is 2.00 bits per heavy atom. The maximum absolute atomic E-state index is 5.27. The topological polar surface area (TPSA) is 31.5 Å². The van der Waals surface area contributed by atoms with E-state index in [-0.39, 0.29) is 5.48 Å². The second-order valence-electron chi connectivity index (χ2n) is 0.793. The van der Waals surface area contributed by atoms with Crippen LogP contribution in [0.2, 0.25) is 6.04 Å². The first kappa shape index (κ1) is 9.69. The van der Waals surface area contributed by atoms with Crippen molar-refractivity contribution in [3.8, 4) is 0 Å². The fourth-order valence-corrected chi connectivity index (χ4v) is 0.601. The standard InChI is InChI=1S/C3H6ClSi.H2O/c4-2-1-3-5;/h1-3H2;1H2. The Hall–Kier alpha value is 0.467. The van der Waals surface area contributed by atoms with Gasteiger partial charge in [0.2, 0.25) is 0 Å². The van der Waals surface area contributed by atoms with Crippen LogP contribution in [0.4, 0.5) is 0 Å². The molecular formula is C3H8ClOSi. The highest BCUT2D eigenvalue weighted by Crippen LogP contribution is 1.84. The Morgan fingerprint density at radius 1 is 1.50 bits per heavy atom. The van der Waals surface area contributed by atoms with Crippen LogP contribution < -0.4 is 0 Å². The van der Waals surface area contributed by atoms with Crippen molar-refractivity contribution in [3.63, 3.8) is 0 Å². The molecule has 0 amide bonds. The van der Waals surface area contributed by atoms with Gasteiger partial charge in [0.25, 0.3) is 0 Å². The molecule has 3 radical (unpaired) electrons. The van der Waals surface area contributed by atoms with Gasteiger partial charge in [0, 0.05) is 16.1 Å². The molecule has 0 bridgehead atoms. The highest BCUT2D eigenvalue weighted by Gasteiger charge is 1.70. The predicted octanol–water partition coefficient (Wildman–Crippen LogP) is 0.377. The lowest BCUT2D eigenvalue weighted by atomic mass is 10.6. The lowest BCUT2D eigenvalue weighted by molar-refractivity contribution is 0.824. The summed E-state index contributed by atoms with van der Waals surface area (Å²) in [7, 11) is 3.27. The van der Waals surface area contributed by atoms with E-state index in [0.717, 1.165) is 18.3 Å². The van der Waals surface area contributed by atoms with E-state index in [1.165, 1.54) is 0 Å². The van der Waals surface area contributed by atoms with E-state index in [9.17, 15) is 0 Å². The number of hydrogen-bond acceptors (Lipinski definition) is 0. The van der Waals surface area contributed by atoms with E-state index in [1.807, 2.05) is 0 Å². The fourth-order valence-electron chi connectivity index (χ4n) is 0.0668. The lowest BCUT2D eigenvalue weighted by Crippen LogP contribution is -1.68. The molecule has 6 heavy (non-hydrogen) atoms. The average molecular weight is 124 g/mol. The van der Waals surface area contributed by atoms with E-state index in [4.69, 9.17) is 11.6 Å². The molecule has 2 N–H and O–H groups in total. The number of alkyl halides is 1. The van der Waals surface area contributed by atoms with Crippen molar-refractivity contribution in [2.24, 2.45) is 0 Å². The van der Waals surface area contributed by atoms with Crippen LogP contribution in [0.5, 0.6) is 0 Å². The Morgan fingerprint density at radius 2 is 2.00 bits per heavy atom. The first-order chi connectivity index (χ1) is 2.41. The van der Waals surface area contributed by atoms with Crippen molar-refractivity contribution in [1.29, 1.82) is 0 Å². The Labute approximate surface area is 46.4 Å². The van der Waals surface area contributed by atoms with E-state index >= 15 is 0 Å². The van der Waals surface area contributed by atoms with Crippen LogP contribution >= 0.6 is 11.6 Å². The summed E-state index contributed by atoms with van der Waals surface area (Å²) in [6.45, 7) is 0. The minimum atomic E-state index is 0. The number of halogens is 1. The summed E-state index contributed by atoms with van der Waals surface area (Å²) in [4.78, 5) is 0. The molecule has 0 rings (SSSR count). The fraction of sp³-hybridized carbons (Fsp3) is 1.00. The summed E-state index contributed by atoms with van der Waals surface area (Å²) in [5, 5.41) is 0. The summed E-state index contributed by atoms with van der Waals surface area (Å²) in [6.07, 6.45) is 1.07. The van der Waals surface area contributed by atoms with E-state index in [1.54, 1.807) is 0 Å². The van der Waals surface area contributed by atoms with Gasteiger partial charge in [-0.05, 0) is 6.42 Å². The summed E-state index contributed by atoms with van der Waals surface area (Å²) >= 11 is 5.27. The Balaban J connectivity index is 0. The van der Waals surface area contributed by atoms with Crippen molar-refractivity contribution in [2.75, 3.05) is 5.88 Å². The third-order valence-corrected chi connectivity index (χ3v) is 0.931. The summed E-state index contributed by atoms with van der Waals surface area (Å²) in [5.74, 6) is 0.767. The smallest absolute Gasteiger partial charge is 0.0222 e. The first-order valence-corrected chi connectivity index (χ1v) is 2.86. The second kappa shape index (κ2) is 9.08. The van der Waals surface area contributed by atoms with Crippen molar-refractivity contribution in [2.45, 2.75) is 12.5 Å². The molecule has 0 saturated carbocycles. The van der Waals surface area contributed by atoms with Gasteiger partial charge >= 0.3 is 0 Å². The van der Waals surface area contributed by atoms with Crippen LogP contribution in [-0.4, -0.2) is 21.6 Å². The van der Waals surface area contributed by atoms with Gasteiger partial charge < -0.3 is 5.48 Å². The monoisotopic (exact) mass is 123 g/mol. The zero-order chi connectivity index (χ0) is 4.12. The van der Waals surface area contributed by atoms with Crippen LogP contribution in [0.1, 0.15) is 6.42 Å². The highest BCUT2D eigenvalue weighted by molar-refractivity contribution is 6.18. The quantitative estimate of drug-likeness (QED) is 0.376. The number of rotatable bonds is 2. The SMILES string of the molecule is O.[Si]CCCCl. The molecule has 0 fully saturated rings. The van der Waals surface area contributed by atoms with Crippen LogP contribution in [0.3, 0.4) is 0 Å². The molecule has 0 atom stereocenters. The zero-order valence-corrected chi connectivity index (χ0v) is 5.26. The molecule has 0 heterocycles. The van der Waals surface area contributed by atoms with Crippen LogP contribution in [0, 0.1) is 0 Å². The predicted molar refractivity (Wildman–Crippen MR) is 29.5 cm³/mol. The Bertz CT molecular complexity index is 18.3. The molecule has 0 aliphatic rings. The lowest BCUT2D eigenvalue weighted by Gasteiger charge is -1.77. The van der Waals surface area contributed by atoms with Gasteiger partial charge in [-0.3, -0.25) is 0 Å². The van der Waals surface area contributed by atoms with Crippen molar-refractivity contribution >= 4 is 21.8 Å². The number of hydrogen-bond donors (Lipinski definition) is 0. The summed E-state index contributed by atoms with van der Waals surface area (Å²) < 4.78 is 0. The molecule has 0 spiro atoms. The molecule has 0 aromatic rings. The van der Waals surface area contributed by atoms with Gasteiger partial charge in [0.1, 0.15) is 0 Å². The van der Waals surface area contributed by atoms with Gasteiger partial charge in [-0.2, -0.15) is 0 Å². The Kier molecular flexibility index (Phi) is 14.7. The van der Waals surface area contributed by atoms with E-state index in [0.29, 0.717) is 0 Å². The van der Waals surface area contributed by atoms with E-state index < -0.39 is 0 Å². The molecule has 0 saturated heterocycles. The first-order valence-electron chi connectivity index (χ1n) is 1.62. The largest absolute Gasteiger partial charge is 0.412 e. The van der Waals surface area contributed by atoms with Crippen molar-refractivity contribution in [3.05, 3.63) is 0 Å².